The Morgan fingerprint density at radius 3 is 2.67 bits per heavy atom. The summed E-state index contributed by atoms with van der Waals surface area (Å²) in [5, 5.41) is 3.47. The number of ether oxygens (including phenoxy) is 1. The minimum absolute atomic E-state index is 0.235. The van der Waals surface area contributed by atoms with Crippen LogP contribution in [0.2, 0.25) is 0 Å². The maximum atomic E-state index is 5.68. The predicted molar refractivity (Wildman–Crippen MR) is 75.1 cm³/mol. The first-order valence-corrected chi connectivity index (χ1v) is 6.92. The van der Waals surface area contributed by atoms with Crippen LogP contribution < -0.4 is 10.1 Å². The molecule has 1 aromatic carbocycles. The summed E-state index contributed by atoms with van der Waals surface area (Å²) in [5.41, 5.74) is 1.38. The molecular weight excluding hydrogens is 224 g/mol. The van der Waals surface area contributed by atoms with E-state index >= 15 is 0 Å². The van der Waals surface area contributed by atoms with Crippen LogP contribution in [0.25, 0.3) is 0 Å². The summed E-state index contributed by atoms with van der Waals surface area (Å²) < 4.78 is 5.68. The first kappa shape index (κ1) is 13.4. The number of likely N-dealkylation sites (N-methyl/N-ethyl adjacent to an activating group) is 1. The molecule has 0 saturated carbocycles. The molecule has 1 unspecified atom stereocenters. The first-order chi connectivity index (χ1) is 8.70. The molecule has 1 N–H and O–H groups in total. The molecule has 100 valence electrons. The van der Waals surface area contributed by atoms with Gasteiger partial charge in [0.25, 0.3) is 0 Å². The fourth-order valence-corrected chi connectivity index (χ4v) is 2.49. The molecule has 1 aromatic rings. The summed E-state index contributed by atoms with van der Waals surface area (Å²) in [6, 6.07) is 9.04. The number of piperazine rings is 1. The van der Waals surface area contributed by atoms with Crippen molar-refractivity contribution in [3.8, 4) is 5.75 Å². The van der Waals surface area contributed by atoms with E-state index in [4.69, 9.17) is 4.74 Å². The molecule has 0 aliphatic carbocycles. The molecule has 1 fully saturated rings. The van der Waals surface area contributed by atoms with Crippen molar-refractivity contribution < 1.29 is 4.74 Å². The second-order valence-corrected chi connectivity index (χ2v) is 5.08. The molecule has 18 heavy (non-hydrogen) atoms. The van der Waals surface area contributed by atoms with Gasteiger partial charge in [0.1, 0.15) is 5.75 Å². The van der Waals surface area contributed by atoms with Crippen molar-refractivity contribution in [3.63, 3.8) is 0 Å². The quantitative estimate of drug-likeness (QED) is 0.885. The van der Waals surface area contributed by atoms with Crippen LogP contribution in [-0.4, -0.2) is 37.2 Å². The standard InChI is InChI=1S/C15H24N2O/c1-4-17-10-9-16-11-15(17)13-5-7-14(8-6-13)18-12(2)3/h5-8,12,15-16H,4,9-11H2,1-3H3. The van der Waals surface area contributed by atoms with Gasteiger partial charge in [0.2, 0.25) is 0 Å². The van der Waals surface area contributed by atoms with Crippen LogP contribution >= 0.6 is 0 Å². The highest BCUT2D eigenvalue weighted by Crippen LogP contribution is 2.24. The van der Waals surface area contributed by atoms with E-state index < -0.39 is 0 Å². The molecule has 3 nitrogen and oxygen atoms in total. The van der Waals surface area contributed by atoms with Gasteiger partial charge in [-0.1, -0.05) is 19.1 Å². The van der Waals surface area contributed by atoms with E-state index in [0.717, 1.165) is 31.9 Å². The van der Waals surface area contributed by atoms with E-state index in [0.29, 0.717) is 6.04 Å². The zero-order chi connectivity index (χ0) is 13.0. The Balaban J connectivity index is 2.07. The smallest absolute Gasteiger partial charge is 0.119 e. The van der Waals surface area contributed by atoms with Crippen molar-refractivity contribution in [2.45, 2.75) is 32.9 Å². The van der Waals surface area contributed by atoms with Crippen LogP contribution in [0.5, 0.6) is 5.75 Å². The van der Waals surface area contributed by atoms with Crippen LogP contribution in [0, 0.1) is 0 Å². The monoisotopic (exact) mass is 248 g/mol. The molecule has 1 aliphatic heterocycles. The van der Waals surface area contributed by atoms with Crippen molar-refractivity contribution in [2.24, 2.45) is 0 Å². The maximum absolute atomic E-state index is 5.68. The minimum Gasteiger partial charge on any atom is -0.491 e. The molecule has 1 heterocycles. The van der Waals surface area contributed by atoms with Gasteiger partial charge in [0.15, 0.2) is 0 Å². The van der Waals surface area contributed by atoms with Crippen LogP contribution in [0.15, 0.2) is 24.3 Å². The molecule has 1 aliphatic rings. The van der Waals surface area contributed by atoms with Gasteiger partial charge < -0.3 is 10.1 Å². The number of nitrogens with one attached hydrogen (secondary N) is 1. The van der Waals surface area contributed by atoms with E-state index in [1.807, 2.05) is 0 Å². The average Bonchev–Trinajstić information content (AvgIpc) is 2.39. The van der Waals surface area contributed by atoms with Crippen LogP contribution in [0.4, 0.5) is 0 Å². The van der Waals surface area contributed by atoms with Gasteiger partial charge in [-0.3, -0.25) is 4.90 Å². The molecule has 2 rings (SSSR count). The van der Waals surface area contributed by atoms with Gasteiger partial charge >= 0.3 is 0 Å². The molecule has 0 amide bonds. The largest absolute Gasteiger partial charge is 0.491 e. The lowest BCUT2D eigenvalue weighted by atomic mass is 10.0. The molecule has 3 heteroatoms. The summed E-state index contributed by atoms with van der Waals surface area (Å²) in [6.07, 6.45) is 0.235. The number of hydrogen-bond donors (Lipinski definition) is 1. The zero-order valence-electron chi connectivity index (χ0n) is 11.6. The Morgan fingerprint density at radius 2 is 2.06 bits per heavy atom. The van der Waals surface area contributed by atoms with Gasteiger partial charge in [-0.25, -0.2) is 0 Å². The zero-order valence-corrected chi connectivity index (χ0v) is 11.6. The second kappa shape index (κ2) is 6.21. The van der Waals surface area contributed by atoms with Crippen LogP contribution in [0.1, 0.15) is 32.4 Å². The lowest BCUT2D eigenvalue weighted by Gasteiger charge is -2.35. The molecule has 0 bridgehead atoms. The molecule has 1 atom stereocenters. The number of nitrogens with zero attached hydrogens (tertiary/aromatic N) is 1. The van der Waals surface area contributed by atoms with Crippen molar-refractivity contribution in [2.75, 3.05) is 26.2 Å². The Kier molecular flexibility index (Phi) is 4.61. The summed E-state index contributed by atoms with van der Waals surface area (Å²) in [6.45, 7) is 10.7. The highest BCUT2D eigenvalue weighted by molar-refractivity contribution is 5.29. The van der Waals surface area contributed by atoms with Gasteiger partial charge in [-0.2, -0.15) is 0 Å². The lowest BCUT2D eigenvalue weighted by molar-refractivity contribution is 0.171. The Morgan fingerprint density at radius 1 is 1.33 bits per heavy atom. The summed E-state index contributed by atoms with van der Waals surface area (Å²) in [7, 11) is 0. The molecule has 0 radical (unpaired) electrons. The van der Waals surface area contributed by atoms with Gasteiger partial charge in [-0.15, -0.1) is 0 Å². The maximum Gasteiger partial charge on any atom is 0.119 e. The average molecular weight is 248 g/mol. The van der Waals surface area contributed by atoms with Crippen LogP contribution in [0.3, 0.4) is 0 Å². The van der Waals surface area contributed by atoms with E-state index in [1.54, 1.807) is 0 Å². The van der Waals surface area contributed by atoms with E-state index in [-0.39, 0.29) is 6.10 Å². The van der Waals surface area contributed by atoms with Crippen LogP contribution in [-0.2, 0) is 0 Å². The normalized spacial score (nSPS) is 21.2. The van der Waals surface area contributed by atoms with Crippen molar-refractivity contribution in [3.05, 3.63) is 29.8 Å². The van der Waals surface area contributed by atoms with Gasteiger partial charge in [-0.05, 0) is 38.1 Å². The summed E-state index contributed by atoms with van der Waals surface area (Å²) in [5.74, 6) is 0.959. The Hall–Kier alpha value is -1.06. The fourth-order valence-electron chi connectivity index (χ4n) is 2.49. The highest BCUT2D eigenvalue weighted by atomic mass is 16.5. The summed E-state index contributed by atoms with van der Waals surface area (Å²) in [4.78, 5) is 2.52. The SMILES string of the molecule is CCN1CCNCC1c1ccc(OC(C)C)cc1. The fraction of sp³-hybridized carbons (Fsp3) is 0.600. The number of benzene rings is 1. The van der Waals surface area contributed by atoms with Crippen molar-refractivity contribution >= 4 is 0 Å². The predicted octanol–water partition coefficient (Wildman–Crippen LogP) is 2.44. The van der Waals surface area contributed by atoms with E-state index in [2.05, 4.69) is 55.3 Å². The second-order valence-electron chi connectivity index (χ2n) is 5.08. The highest BCUT2D eigenvalue weighted by Gasteiger charge is 2.21. The Bertz CT molecular complexity index is 361. The lowest BCUT2D eigenvalue weighted by Crippen LogP contribution is -2.45. The summed E-state index contributed by atoms with van der Waals surface area (Å²) >= 11 is 0. The molecule has 0 aromatic heterocycles. The third-order valence-corrected chi connectivity index (χ3v) is 3.40. The van der Waals surface area contributed by atoms with Crippen molar-refractivity contribution in [1.29, 1.82) is 0 Å². The first-order valence-electron chi connectivity index (χ1n) is 6.92. The van der Waals surface area contributed by atoms with E-state index in [1.165, 1.54) is 5.56 Å². The Labute approximate surface area is 110 Å². The third-order valence-electron chi connectivity index (χ3n) is 3.40. The molecular formula is C15H24N2O. The van der Waals surface area contributed by atoms with Crippen molar-refractivity contribution in [1.82, 2.24) is 10.2 Å². The third kappa shape index (κ3) is 3.24. The number of hydrogen-bond acceptors (Lipinski definition) is 3. The van der Waals surface area contributed by atoms with Gasteiger partial charge in [0, 0.05) is 25.7 Å². The molecule has 1 saturated heterocycles. The van der Waals surface area contributed by atoms with Gasteiger partial charge in [0.05, 0.1) is 6.10 Å². The topological polar surface area (TPSA) is 24.5 Å². The number of rotatable bonds is 4. The molecule has 0 spiro atoms. The van der Waals surface area contributed by atoms with E-state index in [9.17, 15) is 0 Å². The minimum atomic E-state index is 0.235.